The lowest BCUT2D eigenvalue weighted by atomic mass is 10.1. The van der Waals surface area contributed by atoms with Gasteiger partial charge in [0, 0.05) is 4.47 Å². The fraction of sp³-hybridized carbons (Fsp3) is 0.120. The Morgan fingerprint density at radius 2 is 1.75 bits per heavy atom. The van der Waals surface area contributed by atoms with Crippen LogP contribution in [0.25, 0.3) is 6.08 Å². The fourth-order valence-corrected chi connectivity index (χ4v) is 5.70. The lowest BCUT2D eigenvalue weighted by Crippen LogP contribution is -2.27. The number of benzene rings is 3. The number of carbonyl (C=O) groups excluding carboxylic acids is 2. The topological polar surface area (TPSA) is 90.0 Å². The Morgan fingerprint density at radius 3 is 2.42 bits per heavy atom. The highest BCUT2D eigenvalue weighted by molar-refractivity contribution is 9.10. The van der Waals surface area contributed by atoms with Crippen molar-refractivity contribution < 1.29 is 26.9 Å². The Bertz CT molecular complexity index is 1440. The number of thioether (sulfide) groups is 1. The molecule has 1 heterocycles. The fourth-order valence-electron chi connectivity index (χ4n) is 3.32. The van der Waals surface area contributed by atoms with Gasteiger partial charge in [0.2, 0.25) is 5.75 Å². The van der Waals surface area contributed by atoms with Gasteiger partial charge in [-0.05, 0) is 72.3 Å². The van der Waals surface area contributed by atoms with Crippen molar-refractivity contribution in [2.45, 2.75) is 18.4 Å². The first-order valence-corrected chi connectivity index (χ1v) is 14.0. The molecule has 3 aromatic carbocycles. The monoisotopic (exact) mass is 607 g/mol. The van der Waals surface area contributed by atoms with Gasteiger partial charge in [-0.25, -0.2) is 0 Å². The second-order valence-electron chi connectivity index (χ2n) is 7.51. The second kappa shape index (κ2) is 11.1. The molecule has 1 aliphatic heterocycles. The van der Waals surface area contributed by atoms with Gasteiger partial charge in [-0.1, -0.05) is 57.9 Å². The summed E-state index contributed by atoms with van der Waals surface area (Å²) in [6.45, 7) is 2.08. The van der Waals surface area contributed by atoms with E-state index in [4.69, 9.17) is 20.5 Å². The van der Waals surface area contributed by atoms with Crippen molar-refractivity contribution in [3.8, 4) is 11.5 Å². The Hall–Kier alpha value is -2.79. The third-order valence-corrected chi connectivity index (χ3v) is 7.93. The SMILES string of the molecule is CCOc1cc(/C=C2\SC(=O)N(Cc3ccc(Br)cc3)C2=O)cc(Cl)c1OS(=O)(=O)c1ccccc1. The summed E-state index contributed by atoms with van der Waals surface area (Å²) in [6.07, 6.45) is 1.51. The first kappa shape index (κ1) is 26.3. The standard InChI is InChI=1S/C25H19BrClNO6S2/c1-2-33-21-13-17(12-20(27)23(21)34-36(31,32)19-6-4-3-5-7-19)14-22-24(29)28(25(30)35-22)15-16-8-10-18(26)11-9-16/h3-14H,2,15H2,1H3/b22-14-. The van der Waals surface area contributed by atoms with E-state index in [0.717, 1.165) is 26.7 Å². The van der Waals surface area contributed by atoms with Crippen LogP contribution in [0.4, 0.5) is 4.79 Å². The molecule has 11 heteroatoms. The highest BCUT2D eigenvalue weighted by Crippen LogP contribution is 2.40. The zero-order chi connectivity index (χ0) is 25.9. The highest BCUT2D eigenvalue weighted by atomic mass is 79.9. The summed E-state index contributed by atoms with van der Waals surface area (Å²) in [5.74, 6) is -0.512. The van der Waals surface area contributed by atoms with Crippen LogP contribution >= 0.6 is 39.3 Å². The normalized spacial score (nSPS) is 15.0. The Morgan fingerprint density at radius 1 is 1.06 bits per heavy atom. The van der Waals surface area contributed by atoms with E-state index in [9.17, 15) is 18.0 Å². The van der Waals surface area contributed by atoms with E-state index in [-0.39, 0.29) is 44.7 Å². The minimum absolute atomic E-state index is 0.0270. The summed E-state index contributed by atoms with van der Waals surface area (Å²) in [6, 6.07) is 17.9. The molecule has 2 amide bonds. The molecule has 0 atom stereocenters. The third-order valence-electron chi connectivity index (χ3n) is 4.98. The number of carbonyl (C=O) groups is 2. The summed E-state index contributed by atoms with van der Waals surface area (Å²) < 4.78 is 37.2. The van der Waals surface area contributed by atoms with Crippen LogP contribution < -0.4 is 8.92 Å². The van der Waals surface area contributed by atoms with E-state index in [1.807, 2.05) is 24.3 Å². The summed E-state index contributed by atoms with van der Waals surface area (Å²) in [5, 5.41) is -0.417. The average Bonchev–Trinajstić information content (AvgIpc) is 3.10. The van der Waals surface area contributed by atoms with Crippen molar-refractivity contribution in [1.29, 1.82) is 0 Å². The molecular formula is C25H19BrClNO6S2. The largest absolute Gasteiger partial charge is 0.490 e. The molecule has 0 aromatic heterocycles. The van der Waals surface area contributed by atoms with Gasteiger partial charge in [-0.3, -0.25) is 14.5 Å². The van der Waals surface area contributed by atoms with Crippen LogP contribution in [-0.2, 0) is 21.5 Å². The van der Waals surface area contributed by atoms with E-state index in [2.05, 4.69) is 15.9 Å². The molecule has 1 fully saturated rings. The smallest absolute Gasteiger partial charge is 0.339 e. The van der Waals surface area contributed by atoms with Crippen LogP contribution in [0.2, 0.25) is 5.02 Å². The van der Waals surface area contributed by atoms with Gasteiger partial charge in [0.25, 0.3) is 11.1 Å². The molecule has 4 rings (SSSR count). The minimum atomic E-state index is -4.16. The molecular weight excluding hydrogens is 590 g/mol. The van der Waals surface area contributed by atoms with Gasteiger partial charge in [-0.15, -0.1) is 0 Å². The first-order valence-electron chi connectivity index (χ1n) is 10.6. The molecule has 0 N–H and O–H groups in total. The molecule has 0 radical (unpaired) electrons. The molecule has 0 bridgehead atoms. The molecule has 0 spiro atoms. The summed E-state index contributed by atoms with van der Waals surface area (Å²) in [5.41, 5.74) is 1.26. The molecule has 186 valence electrons. The summed E-state index contributed by atoms with van der Waals surface area (Å²) >= 11 is 10.6. The highest BCUT2D eigenvalue weighted by Gasteiger charge is 2.35. The molecule has 0 unspecified atom stereocenters. The van der Waals surface area contributed by atoms with E-state index in [0.29, 0.717) is 5.56 Å². The van der Waals surface area contributed by atoms with E-state index >= 15 is 0 Å². The van der Waals surface area contributed by atoms with E-state index in [1.54, 1.807) is 25.1 Å². The second-order valence-corrected chi connectivity index (χ2v) is 11.4. The lowest BCUT2D eigenvalue weighted by molar-refractivity contribution is -0.123. The van der Waals surface area contributed by atoms with Crippen LogP contribution in [-0.4, -0.2) is 31.1 Å². The maximum absolute atomic E-state index is 12.9. The van der Waals surface area contributed by atoms with Gasteiger partial charge in [0.1, 0.15) is 4.90 Å². The minimum Gasteiger partial charge on any atom is -0.490 e. The van der Waals surface area contributed by atoms with Gasteiger partial charge in [0.05, 0.1) is 23.1 Å². The number of hydrogen-bond donors (Lipinski definition) is 0. The van der Waals surface area contributed by atoms with Crippen LogP contribution in [0.5, 0.6) is 11.5 Å². The quantitative estimate of drug-likeness (QED) is 0.213. The number of rotatable bonds is 8. The molecule has 0 aliphatic carbocycles. The number of amides is 2. The number of imide groups is 1. The Balaban J connectivity index is 1.61. The maximum atomic E-state index is 12.9. The van der Waals surface area contributed by atoms with Crippen LogP contribution in [0.3, 0.4) is 0 Å². The van der Waals surface area contributed by atoms with Crippen molar-refractivity contribution in [2.75, 3.05) is 6.61 Å². The predicted molar refractivity (Wildman–Crippen MR) is 143 cm³/mol. The molecule has 1 aliphatic rings. The predicted octanol–water partition coefficient (Wildman–Crippen LogP) is 6.51. The van der Waals surface area contributed by atoms with Crippen molar-refractivity contribution >= 4 is 66.6 Å². The number of nitrogens with zero attached hydrogens (tertiary/aromatic N) is 1. The van der Waals surface area contributed by atoms with Crippen molar-refractivity contribution in [3.05, 3.63) is 92.3 Å². The summed E-state index contributed by atoms with van der Waals surface area (Å²) in [7, 11) is -4.16. The number of halogens is 2. The van der Waals surface area contributed by atoms with Crippen LogP contribution in [0, 0.1) is 0 Å². The average molecular weight is 609 g/mol. The van der Waals surface area contributed by atoms with Gasteiger partial charge < -0.3 is 8.92 Å². The molecule has 7 nitrogen and oxygen atoms in total. The van der Waals surface area contributed by atoms with Crippen LogP contribution in [0.15, 0.2) is 81.0 Å². The third kappa shape index (κ3) is 5.95. The number of hydrogen-bond acceptors (Lipinski definition) is 7. The Labute approximate surface area is 226 Å². The van der Waals surface area contributed by atoms with Gasteiger partial charge in [0.15, 0.2) is 5.75 Å². The van der Waals surface area contributed by atoms with E-state index < -0.39 is 16.0 Å². The van der Waals surface area contributed by atoms with Crippen molar-refractivity contribution in [3.63, 3.8) is 0 Å². The molecule has 36 heavy (non-hydrogen) atoms. The molecule has 0 saturated carbocycles. The molecule has 1 saturated heterocycles. The summed E-state index contributed by atoms with van der Waals surface area (Å²) in [4.78, 5) is 26.8. The zero-order valence-corrected chi connectivity index (χ0v) is 22.8. The Kier molecular flexibility index (Phi) is 8.09. The van der Waals surface area contributed by atoms with Crippen LogP contribution in [0.1, 0.15) is 18.1 Å². The number of ether oxygens (including phenoxy) is 1. The zero-order valence-electron chi connectivity index (χ0n) is 18.8. The molecule has 3 aromatic rings. The van der Waals surface area contributed by atoms with E-state index in [1.165, 1.54) is 30.3 Å². The van der Waals surface area contributed by atoms with Crippen molar-refractivity contribution in [2.24, 2.45) is 0 Å². The lowest BCUT2D eigenvalue weighted by Gasteiger charge is -2.14. The maximum Gasteiger partial charge on any atom is 0.339 e. The van der Waals surface area contributed by atoms with Gasteiger partial charge >= 0.3 is 10.1 Å². The van der Waals surface area contributed by atoms with Crippen molar-refractivity contribution in [1.82, 2.24) is 4.90 Å². The first-order chi connectivity index (χ1) is 17.2. The van der Waals surface area contributed by atoms with Gasteiger partial charge in [-0.2, -0.15) is 8.42 Å².